The van der Waals surface area contributed by atoms with Gasteiger partial charge in [0, 0.05) is 10.5 Å². The molecule has 0 saturated heterocycles. The highest BCUT2D eigenvalue weighted by Gasteiger charge is 2.63. The number of fused-ring (bicyclic) bond motifs is 4. The van der Waals surface area contributed by atoms with Crippen LogP contribution in [0.25, 0.3) is 0 Å². The molecular formula is C33H48S2Si. The van der Waals surface area contributed by atoms with Crippen LogP contribution in [-0.4, -0.2) is 18.6 Å². The Morgan fingerprint density at radius 2 is 1.39 bits per heavy atom. The Morgan fingerprint density at radius 1 is 0.806 bits per heavy atom. The molecule has 0 amide bonds. The molecule has 3 fully saturated rings. The first-order chi connectivity index (χ1) is 17.0. The summed E-state index contributed by atoms with van der Waals surface area (Å²) in [6.45, 7) is 20.2. The molecule has 1 aromatic rings. The van der Waals surface area contributed by atoms with Crippen molar-refractivity contribution in [1.29, 1.82) is 0 Å². The van der Waals surface area contributed by atoms with Gasteiger partial charge in [-0.2, -0.15) is 0 Å². The summed E-state index contributed by atoms with van der Waals surface area (Å²) in [4.78, 5) is 3.21. The molecule has 2 heterocycles. The number of hydrogen-bond donors (Lipinski definition) is 0. The molecule has 196 valence electrons. The third kappa shape index (κ3) is 4.08. The van der Waals surface area contributed by atoms with E-state index in [0.29, 0.717) is 0 Å². The van der Waals surface area contributed by atoms with E-state index < -0.39 is 8.07 Å². The highest BCUT2D eigenvalue weighted by molar-refractivity contribution is 8.05. The SMILES string of the molecule is CC1=CC2C3C=C(C)SC3C([Si](C)(C)C3C(C)CC4C(c5ccc(C(C)(C)C)cc5)CCCC43)C2S1. The average Bonchev–Trinajstić information content (AvgIpc) is 3.51. The Bertz CT molecular complexity index is 1030. The molecule has 0 spiro atoms. The molecule has 6 rings (SSSR count). The average molecular weight is 537 g/mol. The first kappa shape index (κ1) is 25.9. The van der Waals surface area contributed by atoms with Gasteiger partial charge in [-0.1, -0.05) is 90.0 Å². The predicted octanol–water partition coefficient (Wildman–Crippen LogP) is 10.3. The van der Waals surface area contributed by atoms with Crippen molar-refractivity contribution < 1.29 is 0 Å². The highest BCUT2D eigenvalue weighted by Crippen LogP contribution is 2.69. The summed E-state index contributed by atoms with van der Waals surface area (Å²) in [6, 6.07) is 9.89. The molecule has 1 aromatic carbocycles. The largest absolute Gasteiger partial charge is 0.127 e. The highest BCUT2D eigenvalue weighted by atomic mass is 32.2. The van der Waals surface area contributed by atoms with Crippen molar-refractivity contribution in [3.8, 4) is 0 Å². The van der Waals surface area contributed by atoms with Crippen molar-refractivity contribution >= 4 is 31.6 Å². The van der Waals surface area contributed by atoms with Gasteiger partial charge in [0.25, 0.3) is 0 Å². The monoisotopic (exact) mass is 536 g/mol. The summed E-state index contributed by atoms with van der Waals surface area (Å²) in [5, 5.41) is 1.71. The van der Waals surface area contributed by atoms with Crippen LogP contribution in [0.5, 0.6) is 0 Å². The van der Waals surface area contributed by atoms with Crippen molar-refractivity contribution in [3.63, 3.8) is 0 Å². The lowest BCUT2D eigenvalue weighted by Crippen LogP contribution is -2.48. The molecule has 3 saturated carbocycles. The molecule has 2 aliphatic heterocycles. The third-order valence-electron chi connectivity index (χ3n) is 11.2. The van der Waals surface area contributed by atoms with Gasteiger partial charge in [0.2, 0.25) is 0 Å². The van der Waals surface area contributed by atoms with Gasteiger partial charge in [-0.25, -0.2) is 0 Å². The molecule has 0 aromatic heterocycles. The Labute approximate surface area is 231 Å². The number of rotatable bonds is 3. The van der Waals surface area contributed by atoms with Crippen LogP contribution < -0.4 is 0 Å². The smallest absolute Gasteiger partial charge is 0.0566 e. The fraction of sp³-hybridized carbons (Fsp3) is 0.697. The molecule has 9 unspecified atom stereocenters. The van der Waals surface area contributed by atoms with E-state index in [2.05, 4.69) is 115 Å². The Hall–Kier alpha value is -0.383. The lowest BCUT2D eigenvalue weighted by molar-refractivity contribution is 0.235. The topological polar surface area (TPSA) is 0 Å². The van der Waals surface area contributed by atoms with E-state index in [1.165, 1.54) is 31.2 Å². The Balaban J connectivity index is 1.29. The van der Waals surface area contributed by atoms with Crippen LogP contribution in [0.1, 0.15) is 84.3 Å². The van der Waals surface area contributed by atoms with E-state index in [1.807, 2.05) is 0 Å². The molecule has 9 atom stereocenters. The van der Waals surface area contributed by atoms with Crippen LogP contribution in [0.15, 0.2) is 46.2 Å². The second-order valence-corrected chi connectivity index (χ2v) is 22.5. The van der Waals surface area contributed by atoms with Gasteiger partial charge in [0.05, 0.1) is 8.07 Å². The zero-order valence-corrected chi connectivity index (χ0v) is 26.5. The van der Waals surface area contributed by atoms with E-state index in [4.69, 9.17) is 0 Å². The first-order valence-electron chi connectivity index (χ1n) is 14.8. The van der Waals surface area contributed by atoms with Crippen LogP contribution in [0.3, 0.4) is 0 Å². The van der Waals surface area contributed by atoms with Crippen LogP contribution in [-0.2, 0) is 5.41 Å². The van der Waals surface area contributed by atoms with Crippen LogP contribution >= 0.6 is 23.5 Å². The van der Waals surface area contributed by atoms with Crippen molar-refractivity contribution in [2.24, 2.45) is 29.6 Å². The van der Waals surface area contributed by atoms with Crippen molar-refractivity contribution in [2.75, 3.05) is 0 Å². The molecule has 3 aliphatic carbocycles. The number of hydrogen-bond acceptors (Lipinski definition) is 2. The van der Waals surface area contributed by atoms with Gasteiger partial charge in [-0.3, -0.25) is 0 Å². The van der Waals surface area contributed by atoms with Gasteiger partial charge < -0.3 is 0 Å². The van der Waals surface area contributed by atoms with Crippen LogP contribution in [0.2, 0.25) is 24.2 Å². The standard InChI is InChI=1S/C33H48S2Si/c1-19-16-26-24(22-12-14-23(15-13-22)33(4,5)6)10-9-11-25(26)31(19)36(7,8)32-29-27(17-20(2)34-29)28-18-21(3)35-30(28)32/h12-15,17-19,24-32H,9-11,16H2,1-8H3. The first-order valence-corrected chi connectivity index (χ1v) is 19.7. The molecular weight excluding hydrogens is 489 g/mol. The molecule has 0 nitrogen and oxygen atoms in total. The Kier molecular flexibility index (Phi) is 6.53. The van der Waals surface area contributed by atoms with E-state index >= 15 is 0 Å². The maximum atomic E-state index is 2.85. The lowest BCUT2D eigenvalue weighted by atomic mass is 9.70. The van der Waals surface area contributed by atoms with Crippen molar-refractivity contribution in [1.82, 2.24) is 0 Å². The van der Waals surface area contributed by atoms with Gasteiger partial charge in [0.15, 0.2) is 0 Å². The maximum Gasteiger partial charge on any atom is 0.0566 e. The van der Waals surface area contributed by atoms with E-state index in [0.717, 1.165) is 57.1 Å². The van der Waals surface area contributed by atoms with Crippen LogP contribution in [0, 0.1) is 29.6 Å². The zero-order valence-electron chi connectivity index (χ0n) is 23.9. The molecule has 0 N–H and O–H groups in total. The molecule has 0 radical (unpaired) electrons. The molecule has 3 heteroatoms. The minimum absolute atomic E-state index is 0.240. The van der Waals surface area contributed by atoms with Gasteiger partial charge >= 0.3 is 0 Å². The summed E-state index contributed by atoms with van der Waals surface area (Å²) in [6.07, 6.45) is 11.2. The lowest BCUT2D eigenvalue weighted by Gasteiger charge is -2.47. The molecule has 0 bridgehead atoms. The third-order valence-corrected chi connectivity index (χ3v) is 19.6. The molecule has 5 aliphatic rings. The number of benzene rings is 1. The van der Waals surface area contributed by atoms with E-state index in [9.17, 15) is 0 Å². The molecule has 36 heavy (non-hydrogen) atoms. The fourth-order valence-electron chi connectivity index (χ4n) is 9.95. The maximum absolute atomic E-state index is 2.85. The van der Waals surface area contributed by atoms with Gasteiger partial charge in [0.1, 0.15) is 0 Å². The van der Waals surface area contributed by atoms with Crippen molar-refractivity contribution in [3.05, 3.63) is 57.4 Å². The number of thioether (sulfide) groups is 2. The van der Waals surface area contributed by atoms with Crippen LogP contribution in [0.4, 0.5) is 0 Å². The minimum Gasteiger partial charge on any atom is -0.127 e. The van der Waals surface area contributed by atoms with Gasteiger partial charge in [-0.05, 0) is 99.6 Å². The Morgan fingerprint density at radius 3 is 1.94 bits per heavy atom. The summed E-state index contributed by atoms with van der Waals surface area (Å²) in [7, 11) is -1.51. The summed E-state index contributed by atoms with van der Waals surface area (Å²) >= 11 is 4.54. The normalized spacial score (nSPS) is 42.1. The number of allylic oxidation sites excluding steroid dienone is 4. The van der Waals surface area contributed by atoms with Gasteiger partial charge in [-0.15, -0.1) is 23.5 Å². The van der Waals surface area contributed by atoms with E-state index in [-0.39, 0.29) is 5.41 Å². The zero-order chi connectivity index (χ0) is 25.6. The second kappa shape index (κ2) is 9.09. The fourth-order valence-corrected chi connectivity index (χ4v) is 21.1. The van der Waals surface area contributed by atoms with Crippen molar-refractivity contribution in [2.45, 2.75) is 113 Å². The minimum atomic E-state index is -1.51. The quantitative estimate of drug-likeness (QED) is 0.352. The summed E-state index contributed by atoms with van der Waals surface area (Å²) in [5.41, 5.74) is 5.30. The van der Waals surface area contributed by atoms with E-state index in [1.54, 1.807) is 15.4 Å². The summed E-state index contributed by atoms with van der Waals surface area (Å²) < 4.78 is 0. The summed E-state index contributed by atoms with van der Waals surface area (Å²) in [5.74, 6) is 5.15. The second-order valence-electron chi connectivity index (χ2n) is 14.7. The predicted molar refractivity (Wildman–Crippen MR) is 165 cm³/mol.